The Morgan fingerprint density at radius 2 is 2.08 bits per heavy atom. The van der Waals surface area contributed by atoms with Gasteiger partial charge >= 0.3 is 0 Å². The topological polar surface area (TPSA) is 80.5 Å². The van der Waals surface area contributed by atoms with Crippen LogP contribution in [0.1, 0.15) is 0 Å². The summed E-state index contributed by atoms with van der Waals surface area (Å²) in [6.45, 7) is 0. The van der Waals surface area contributed by atoms with Crippen LogP contribution < -0.4 is 5.73 Å². The molecule has 2 aromatic heterocycles. The van der Waals surface area contributed by atoms with Crippen LogP contribution in [0.25, 0.3) is 11.0 Å². The molecule has 0 aromatic carbocycles. The number of imidazole rings is 1. The summed E-state index contributed by atoms with van der Waals surface area (Å²) in [6, 6.07) is 0. The molecule has 0 bridgehead atoms. The minimum atomic E-state index is 0. The second-order valence-electron chi connectivity index (χ2n) is 1.89. The van der Waals surface area contributed by atoms with Gasteiger partial charge in [-0.1, -0.05) is 0 Å². The van der Waals surface area contributed by atoms with Gasteiger partial charge in [0.2, 0.25) is 0 Å². The Morgan fingerprint density at radius 1 is 1.33 bits per heavy atom. The molecule has 0 spiro atoms. The summed E-state index contributed by atoms with van der Waals surface area (Å²) in [6.07, 6.45) is 3.14. The molecule has 5 nitrogen and oxygen atoms in total. The number of fused-ring (bicyclic) bond motifs is 1. The summed E-state index contributed by atoms with van der Waals surface area (Å²) >= 11 is 0. The van der Waals surface area contributed by atoms with E-state index >= 15 is 0 Å². The first-order valence-corrected chi connectivity index (χ1v) is 2.78. The third-order valence-electron chi connectivity index (χ3n) is 1.26. The number of aromatic amines is 1. The maximum absolute atomic E-state index is 5.44. The molecule has 0 saturated heterocycles. The number of anilines is 1. The molecule has 66 valence electrons. The number of H-pyrrole nitrogens is 1. The lowest BCUT2D eigenvalue weighted by Crippen LogP contribution is -1.92. The minimum Gasteiger partial charge on any atom is -0.380 e. The van der Waals surface area contributed by atoms with E-state index in [1.54, 1.807) is 12.5 Å². The molecule has 0 aliphatic heterocycles. The van der Waals surface area contributed by atoms with E-state index in [0.29, 0.717) is 11.3 Å². The highest BCUT2D eigenvalue weighted by atomic mass is 35.5. The predicted octanol–water partition coefficient (Wildman–Crippen LogP) is 0.779. The summed E-state index contributed by atoms with van der Waals surface area (Å²) in [5.74, 6) is 0.360. The summed E-state index contributed by atoms with van der Waals surface area (Å²) in [4.78, 5) is 6.80. The largest absolute Gasteiger partial charge is 0.380 e. The van der Waals surface area contributed by atoms with E-state index in [2.05, 4.69) is 20.2 Å². The Kier molecular flexibility index (Phi) is 3.72. The van der Waals surface area contributed by atoms with Crippen LogP contribution in [0.4, 0.5) is 5.82 Å². The molecule has 2 heterocycles. The average molecular weight is 208 g/mol. The van der Waals surface area contributed by atoms with Gasteiger partial charge in [-0.3, -0.25) is 0 Å². The predicted molar refractivity (Wildman–Crippen MR) is 50.6 cm³/mol. The highest BCUT2D eigenvalue weighted by Crippen LogP contribution is 2.10. The molecule has 0 unspecified atom stereocenters. The van der Waals surface area contributed by atoms with Crippen molar-refractivity contribution in [2.24, 2.45) is 0 Å². The Bertz CT molecular complexity index is 359. The number of halogens is 2. The molecular formula is C5H7Cl2N5. The van der Waals surface area contributed by atoms with Crippen molar-refractivity contribution in [2.75, 3.05) is 5.73 Å². The van der Waals surface area contributed by atoms with Crippen LogP contribution in [-0.4, -0.2) is 20.2 Å². The van der Waals surface area contributed by atoms with Gasteiger partial charge in [0.15, 0.2) is 5.82 Å². The van der Waals surface area contributed by atoms with E-state index in [1.165, 1.54) is 0 Å². The van der Waals surface area contributed by atoms with E-state index < -0.39 is 0 Å². The standard InChI is InChI=1S/C5H5N5.2ClH/c6-5-4-3(1-9-10-5)7-2-8-4;;/h1-2H,(H2,6,10)(H,7,8);2*1H. The van der Waals surface area contributed by atoms with Crippen LogP contribution in [0.2, 0.25) is 0 Å². The van der Waals surface area contributed by atoms with Gasteiger partial charge in [-0.2, -0.15) is 5.10 Å². The van der Waals surface area contributed by atoms with E-state index in [9.17, 15) is 0 Å². The van der Waals surface area contributed by atoms with Crippen molar-refractivity contribution in [3.63, 3.8) is 0 Å². The van der Waals surface area contributed by atoms with Crippen LogP contribution in [0.3, 0.4) is 0 Å². The highest BCUT2D eigenvalue weighted by molar-refractivity contribution is 5.85. The molecule has 0 aliphatic rings. The molecule has 0 aliphatic carbocycles. The summed E-state index contributed by atoms with van der Waals surface area (Å²) < 4.78 is 0. The fraction of sp³-hybridized carbons (Fsp3) is 0. The number of nitrogens with two attached hydrogens (primary N) is 1. The van der Waals surface area contributed by atoms with Crippen LogP contribution in [0.5, 0.6) is 0 Å². The fourth-order valence-corrected chi connectivity index (χ4v) is 0.803. The van der Waals surface area contributed by atoms with Gasteiger partial charge in [0.1, 0.15) is 5.52 Å². The minimum absolute atomic E-state index is 0. The number of nitrogens with zero attached hydrogens (tertiary/aromatic N) is 3. The number of hydrogen-bond donors (Lipinski definition) is 2. The Balaban J connectivity index is 0.000000605. The summed E-state index contributed by atoms with van der Waals surface area (Å²) in [5, 5.41) is 7.26. The first-order valence-electron chi connectivity index (χ1n) is 2.78. The lowest BCUT2D eigenvalue weighted by atomic mass is 10.4. The molecule has 2 rings (SSSR count). The maximum atomic E-state index is 5.44. The van der Waals surface area contributed by atoms with Crippen molar-refractivity contribution in [3.05, 3.63) is 12.5 Å². The molecular weight excluding hydrogens is 201 g/mol. The van der Waals surface area contributed by atoms with Crippen molar-refractivity contribution in [3.8, 4) is 0 Å². The van der Waals surface area contributed by atoms with Gasteiger partial charge in [-0.25, -0.2) is 4.98 Å². The van der Waals surface area contributed by atoms with Crippen molar-refractivity contribution in [1.82, 2.24) is 20.2 Å². The maximum Gasteiger partial charge on any atom is 0.174 e. The lowest BCUT2D eigenvalue weighted by molar-refractivity contribution is 1.06. The van der Waals surface area contributed by atoms with E-state index in [1.807, 2.05) is 0 Å². The van der Waals surface area contributed by atoms with Gasteiger partial charge in [-0.15, -0.1) is 29.9 Å². The zero-order valence-electron chi connectivity index (χ0n) is 5.89. The van der Waals surface area contributed by atoms with Gasteiger partial charge in [0.25, 0.3) is 0 Å². The SMILES string of the molecule is Cl.Cl.Nc1nncc2[nH]cnc12. The second-order valence-corrected chi connectivity index (χ2v) is 1.89. The summed E-state index contributed by atoms with van der Waals surface area (Å²) in [5.41, 5.74) is 6.93. The first-order chi connectivity index (χ1) is 4.88. The molecule has 0 amide bonds. The van der Waals surface area contributed by atoms with Crippen molar-refractivity contribution >= 4 is 41.7 Å². The van der Waals surface area contributed by atoms with Gasteiger partial charge in [-0.05, 0) is 0 Å². The Labute approximate surface area is 80.6 Å². The van der Waals surface area contributed by atoms with Gasteiger partial charge < -0.3 is 10.7 Å². The van der Waals surface area contributed by atoms with Crippen molar-refractivity contribution < 1.29 is 0 Å². The van der Waals surface area contributed by atoms with Crippen LogP contribution >= 0.6 is 24.8 Å². The van der Waals surface area contributed by atoms with E-state index in [-0.39, 0.29) is 24.8 Å². The Hall–Kier alpha value is -1.07. The molecule has 2 aromatic rings. The summed E-state index contributed by atoms with van der Waals surface area (Å²) in [7, 11) is 0. The quantitative estimate of drug-likeness (QED) is 0.670. The number of rotatable bonds is 0. The molecule has 12 heavy (non-hydrogen) atoms. The Morgan fingerprint density at radius 3 is 2.75 bits per heavy atom. The number of nitrogen functional groups attached to an aromatic ring is 1. The smallest absolute Gasteiger partial charge is 0.174 e. The molecule has 3 N–H and O–H groups in total. The molecule has 0 atom stereocenters. The second kappa shape index (κ2) is 4.08. The molecule has 0 radical (unpaired) electrons. The van der Waals surface area contributed by atoms with Crippen LogP contribution in [-0.2, 0) is 0 Å². The van der Waals surface area contributed by atoms with Crippen molar-refractivity contribution in [1.29, 1.82) is 0 Å². The third kappa shape index (κ3) is 1.57. The van der Waals surface area contributed by atoms with Crippen LogP contribution in [0, 0.1) is 0 Å². The van der Waals surface area contributed by atoms with Crippen molar-refractivity contribution in [2.45, 2.75) is 0 Å². The number of hydrogen-bond acceptors (Lipinski definition) is 4. The molecule has 7 heteroatoms. The number of nitrogens with one attached hydrogen (secondary N) is 1. The van der Waals surface area contributed by atoms with E-state index in [0.717, 1.165) is 5.52 Å². The fourth-order valence-electron chi connectivity index (χ4n) is 0.803. The van der Waals surface area contributed by atoms with Gasteiger partial charge in [0.05, 0.1) is 18.0 Å². The zero-order valence-corrected chi connectivity index (χ0v) is 7.52. The van der Waals surface area contributed by atoms with E-state index in [4.69, 9.17) is 5.73 Å². The lowest BCUT2D eigenvalue weighted by Gasteiger charge is -1.88. The normalized spacial score (nSPS) is 8.67. The van der Waals surface area contributed by atoms with Crippen LogP contribution in [0.15, 0.2) is 12.5 Å². The molecule has 0 fully saturated rings. The first kappa shape index (κ1) is 10.9. The zero-order chi connectivity index (χ0) is 6.97. The average Bonchev–Trinajstić information content (AvgIpc) is 2.36. The third-order valence-corrected chi connectivity index (χ3v) is 1.26. The number of aromatic nitrogens is 4. The highest BCUT2D eigenvalue weighted by Gasteiger charge is 1.99. The van der Waals surface area contributed by atoms with Gasteiger partial charge in [0, 0.05) is 0 Å². The molecule has 0 saturated carbocycles. The monoisotopic (exact) mass is 207 g/mol.